The Hall–Kier alpha value is -1.72. The molecule has 1 saturated heterocycles. The number of nitrogens with one attached hydrogen (secondary N) is 1. The second-order valence-corrected chi connectivity index (χ2v) is 6.30. The number of alkyl halides is 3. The van der Waals surface area contributed by atoms with Gasteiger partial charge in [0.15, 0.2) is 0 Å². The highest BCUT2D eigenvalue weighted by atomic mass is 19.4. The molecule has 0 aliphatic carbocycles. The Morgan fingerprint density at radius 2 is 2.13 bits per heavy atom. The molecule has 126 valence electrons. The van der Waals surface area contributed by atoms with Gasteiger partial charge in [-0.25, -0.2) is 0 Å². The molecule has 0 radical (unpaired) electrons. The molecule has 0 spiro atoms. The first kappa shape index (κ1) is 16.1. The summed E-state index contributed by atoms with van der Waals surface area (Å²) in [6.07, 6.45) is -0.977. The van der Waals surface area contributed by atoms with E-state index in [0.717, 1.165) is 37.6 Å². The van der Waals surface area contributed by atoms with Gasteiger partial charge in [-0.15, -0.1) is 0 Å². The monoisotopic (exact) mass is 326 g/mol. The van der Waals surface area contributed by atoms with Crippen LogP contribution in [0, 0.1) is 5.92 Å². The van der Waals surface area contributed by atoms with E-state index in [2.05, 4.69) is 10.2 Å². The van der Waals surface area contributed by atoms with Crippen LogP contribution in [0.2, 0.25) is 0 Å². The van der Waals surface area contributed by atoms with Crippen LogP contribution in [-0.2, 0) is 17.4 Å². The molecule has 3 rings (SSSR count). The van der Waals surface area contributed by atoms with E-state index in [1.54, 1.807) is 6.07 Å². The fraction of sp³-hybridized carbons (Fsp3) is 0.588. The molecule has 3 nitrogen and oxygen atoms in total. The van der Waals surface area contributed by atoms with Crippen molar-refractivity contribution in [2.45, 2.75) is 44.8 Å². The van der Waals surface area contributed by atoms with E-state index in [4.69, 9.17) is 0 Å². The first-order valence-corrected chi connectivity index (χ1v) is 8.16. The number of hydrogen-bond donors (Lipinski definition) is 1. The molecule has 1 aromatic carbocycles. The van der Waals surface area contributed by atoms with Crippen LogP contribution in [-0.4, -0.2) is 25.0 Å². The highest BCUT2D eigenvalue weighted by Crippen LogP contribution is 2.41. The molecule has 1 amide bonds. The highest BCUT2D eigenvalue weighted by molar-refractivity contribution is 5.82. The SMILES string of the molecule is CCNC(=O)[C@@H]1Cc2cc(C(F)(F)F)ccc2N2CCCC[C@H]12. The summed E-state index contributed by atoms with van der Waals surface area (Å²) in [4.78, 5) is 14.5. The average molecular weight is 326 g/mol. The number of carbonyl (C=O) groups is 1. The lowest BCUT2D eigenvalue weighted by Crippen LogP contribution is -2.53. The smallest absolute Gasteiger partial charge is 0.368 e. The van der Waals surface area contributed by atoms with E-state index in [0.29, 0.717) is 18.5 Å². The van der Waals surface area contributed by atoms with Crippen LogP contribution in [0.3, 0.4) is 0 Å². The van der Waals surface area contributed by atoms with Crippen LogP contribution in [0.15, 0.2) is 18.2 Å². The Morgan fingerprint density at radius 1 is 1.35 bits per heavy atom. The fourth-order valence-electron chi connectivity index (χ4n) is 3.83. The molecule has 6 heteroatoms. The van der Waals surface area contributed by atoms with Gasteiger partial charge in [0, 0.05) is 24.8 Å². The molecular weight excluding hydrogens is 305 g/mol. The zero-order valence-electron chi connectivity index (χ0n) is 13.1. The van der Waals surface area contributed by atoms with Crippen LogP contribution in [0.4, 0.5) is 18.9 Å². The number of amides is 1. The third kappa shape index (κ3) is 3.03. The lowest BCUT2D eigenvalue weighted by atomic mass is 9.80. The maximum Gasteiger partial charge on any atom is 0.416 e. The number of hydrogen-bond acceptors (Lipinski definition) is 2. The zero-order chi connectivity index (χ0) is 16.6. The van der Waals surface area contributed by atoms with Gasteiger partial charge in [0.1, 0.15) is 0 Å². The van der Waals surface area contributed by atoms with Gasteiger partial charge in [0.2, 0.25) is 5.91 Å². The Bertz CT molecular complexity index is 600. The van der Waals surface area contributed by atoms with Crippen molar-refractivity contribution >= 4 is 11.6 Å². The quantitative estimate of drug-likeness (QED) is 0.904. The van der Waals surface area contributed by atoms with E-state index in [9.17, 15) is 18.0 Å². The van der Waals surface area contributed by atoms with Crippen molar-refractivity contribution in [3.63, 3.8) is 0 Å². The van der Waals surface area contributed by atoms with Crippen LogP contribution in [0.25, 0.3) is 0 Å². The van der Waals surface area contributed by atoms with Gasteiger partial charge in [-0.3, -0.25) is 4.79 Å². The predicted octanol–water partition coefficient (Wildman–Crippen LogP) is 3.37. The largest absolute Gasteiger partial charge is 0.416 e. The molecule has 2 aliphatic heterocycles. The molecule has 0 saturated carbocycles. The topological polar surface area (TPSA) is 32.3 Å². The van der Waals surface area contributed by atoms with Crippen molar-refractivity contribution in [3.8, 4) is 0 Å². The third-order valence-corrected chi connectivity index (χ3v) is 4.86. The van der Waals surface area contributed by atoms with Crippen molar-refractivity contribution < 1.29 is 18.0 Å². The van der Waals surface area contributed by atoms with Crippen molar-refractivity contribution in [1.29, 1.82) is 0 Å². The summed E-state index contributed by atoms with van der Waals surface area (Å²) in [5.41, 5.74) is 0.860. The number of fused-ring (bicyclic) bond motifs is 3. The van der Waals surface area contributed by atoms with E-state index in [-0.39, 0.29) is 17.9 Å². The molecule has 0 unspecified atom stereocenters. The lowest BCUT2D eigenvalue weighted by molar-refractivity contribution is -0.137. The standard InChI is InChI=1S/C17H21F3N2O/c1-2-21-16(23)13-10-11-9-12(17(18,19)20)6-7-14(11)22-8-4-3-5-15(13)22/h6-7,9,13,15H,2-5,8,10H2,1H3,(H,21,23)/t13-,15-/m1/s1. The number of nitrogens with zero attached hydrogens (tertiary/aromatic N) is 1. The minimum absolute atomic E-state index is 0.0486. The van der Waals surface area contributed by atoms with Crippen LogP contribution in [0.5, 0.6) is 0 Å². The predicted molar refractivity (Wildman–Crippen MR) is 82.3 cm³/mol. The first-order chi connectivity index (χ1) is 10.9. The van der Waals surface area contributed by atoms with Crippen molar-refractivity contribution in [2.24, 2.45) is 5.92 Å². The third-order valence-electron chi connectivity index (χ3n) is 4.86. The van der Waals surface area contributed by atoms with Crippen LogP contribution in [0.1, 0.15) is 37.3 Å². The number of piperidine rings is 1. The van der Waals surface area contributed by atoms with Crippen molar-refractivity contribution in [2.75, 3.05) is 18.0 Å². The van der Waals surface area contributed by atoms with Gasteiger partial charge >= 0.3 is 6.18 Å². The molecule has 2 aliphatic rings. The zero-order valence-corrected chi connectivity index (χ0v) is 13.1. The number of anilines is 1. The molecular formula is C17H21F3N2O. The molecule has 0 bridgehead atoms. The summed E-state index contributed by atoms with van der Waals surface area (Å²) in [7, 11) is 0. The minimum atomic E-state index is -4.35. The normalized spacial score (nSPS) is 23.9. The molecule has 1 N–H and O–H groups in total. The van der Waals surface area contributed by atoms with E-state index < -0.39 is 11.7 Å². The van der Waals surface area contributed by atoms with Gasteiger partial charge in [0.05, 0.1) is 11.5 Å². The Kier molecular flexibility index (Phi) is 4.25. The van der Waals surface area contributed by atoms with Crippen molar-refractivity contribution in [3.05, 3.63) is 29.3 Å². The van der Waals surface area contributed by atoms with Gasteiger partial charge in [0.25, 0.3) is 0 Å². The first-order valence-electron chi connectivity index (χ1n) is 8.16. The lowest BCUT2D eigenvalue weighted by Gasteiger charge is -2.46. The number of carbonyl (C=O) groups excluding carboxylic acids is 1. The maximum absolute atomic E-state index is 13.0. The number of benzene rings is 1. The molecule has 2 atom stereocenters. The van der Waals surface area contributed by atoms with Gasteiger partial charge < -0.3 is 10.2 Å². The molecule has 2 heterocycles. The summed E-state index contributed by atoms with van der Waals surface area (Å²) < 4.78 is 38.9. The summed E-state index contributed by atoms with van der Waals surface area (Å²) >= 11 is 0. The number of rotatable bonds is 2. The summed E-state index contributed by atoms with van der Waals surface area (Å²) in [6.45, 7) is 3.20. The molecule has 1 aromatic rings. The van der Waals surface area contributed by atoms with Crippen LogP contribution < -0.4 is 10.2 Å². The van der Waals surface area contributed by atoms with E-state index in [1.165, 1.54) is 6.07 Å². The Morgan fingerprint density at radius 3 is 2.83 bits per heavy atom. The highest BCUT2D eigenvalue weighted by Gasteiger charge is 2.40. The Balaban J connectivity index is 1.99. The van der Waals surface area contributed by atoms with Gasteiger partial charge in [-0.05, 0) is 56.4 Å². The maximum atomic E-state index is 13.0. The average Bonchev–Trinajstić information content (AvgIpc) is 2.53. The second-order valence-electron chi connectivity index (χ2n) is 6.30. The second kappa shape index (κ2) is 6.06. The van der Waals surface area contributed by atoms with Gasteiger partial charge in [-0.1, -0.05) is 0 Å². The molecule has 1 fully saturated rings. The summed E-state index contributed by atoms with van der Waals surface area (Å²) in [5.74, 6) is -0.321. The minimum Gasteiger partial charge on any atom is -0.368 e. The Labute approximate surface area is 133 Å². The van der Waals surface area contributed by atoms with Crippen LogP contribution >= 0.6 is 0 Å². The fourth-order valence-corrected chi connectivity index (χ4v) is 3.83. The summed E-state index contributed by atoms with van der Waals surface area (Å²) in [5, 5.41) is 2.84. The molecule has 0 aromatic heterocycles. The van der Waals surface area contributed by atoms with E-state index in [1.807, 2.05) is 6.92 Å². The van der Waals surface area contributed by atoms with Crippen molar-refractivity contribution in [1.82, 2.24) is 5.32 Å². The number of halogens is 3. The summed E-state index contributed by atoms with van der Waals surface area (Å²) in [6, 6.07) is 4.04. The molecule has 23 heavy (non-hydrogen) atoms. The van der Waals surface area contributed by atoms with E-state index >= 15 is 0 Å². The van der Waals surface area contributed by atoms with Gasteiger partial charge in [-0.2, -0.15) is 13.2 Å².